The Bertz CT molecular complexity index is 1560. The third kappa shape index (κ3) is 4.04. The molecule has 182 valence electrons. The lowest BCUT2D eigenvalue weighted by Gasteiger charge is -2.23. The number of benzene rings is 3. The van der Waals surface area contributed by atoms with Gasteiger partial charge in [0.2, 0.25) is 0 Å². The molecule has 36 heavy (non-hydrogen) atoms. The Labute approximate surface area is 219 Å². The number of carbonyl (C=O) groups is 2. The molecule has 1 aliphatic rings. The van der Waals surface area contributed by atoms with Gasteiger partial charge in [0.1, 0.15) is 17.3 Å². The Morgan fingerprint density at radius 1 is 1.06 bits per heavy atom. The number of hydrogen-bond acceptors (Lipinski definition) is 7. The second kappa shape index (κ2) is 9.40. The standard InChI is InChI=1S/C27H21BrN2O5S/c1-14-11-16(7-10-20(14)35-3)24(31)22-23(15-5-4-6-17(28)12-15)30(26(33)25(22)32)27-29-19-9-8-18(34-2)13-21(19)36-27/h4-13,23,31H,1-3H3/t23-/m1/s1. The predicted molar refractivity (Wildman–Crippen MR) is 143 cm³/mol. The monoisotopic (exact) mass is 564 g/mol. The van der Waals surface area contributed by atoms with Crippen LogP contribution in [0.5, 0.6) is 11.5 Å². The van der Waals surface area contributed by atoms with Gasteiger partial charge in [-0.1, -0.05) is 39.4 Å². The van der Waals surface area contributed by atoms with Gasteiger partial charge in [0.15, 0.2) is 5.13 Å². The molecular formula is C27H21BrN2O5S. The molecule has 2 heterocycles. The van der Waals surface area contributed by atoms with E-state index in [0.717, 1.165) is 14.7 Å². The second-order valence-electron chi connectivity index (χ2n) is 8.24. The SMILES string of the molecule is COc1ccc2nc(N3C(=O)C(=O)C(=C(O)c4ccc(OC)c(C)c4)[C@H]3c3cccc(Br)c3)sc2c1. The second-order valence-corrected chi connectivity index (χ2v) is 10.2. The van der Waals surface area contributed by atoms with Crippen molar-refractivity contribution < 1.29 is 24.2 Å². The fourth-order valence-corrected chi connectivity index (χ4v) is 5.76. The number of fused-ring (bicyclic) bond motifs is 1. The lowest BCUT2D eigenvalue weighted by molar-refractivity contribution is -0.132. The van der Waals surface area contributed by atoms with Gasteiger partial charge in [-0.25, -0.2) is 4.98 Å². The number of rotatable bonds is 5. The zero-order chi connectivity index (χ0) is 25.6. The zero-order valence-electron chi connectivity index (χ0n) is 19.6. The van der Waals surface area contributed by atoms with E-state index in [1.54, 1.807) is 44.6 Å². The van der Waals surface area contributed by atoms with Crippen molar-refractivity contribution in [3.63, 3.8) is 0 Å². The molecule has 1 N–H and O–H groups in total. The first-order chi connectivity index (χ1) is 17.3. The van der Waals surface area contributed by atoms with Crippen LogP contribution in [0, 0.1) is 6.92 Å². The predicted octanol–water partition coefficient (Wildman–Crippen LogP) is 6.01. The maximum Gasteiger partial charge on any atom is 0.301 e. The first kappa shape index (κ1) is 24.0. The summed E-state index contributed by atoms with van der Waals surface area (Å²) >= 11 is 4.76. The lowest BCUT2D eigenvalue weighted by Crippen LogP contribution is -2.29. The number of ketones is 1. The number of Topliss-reactive ketones (excluding diaryl/α,β-unsaturated/α-hetero) is 1. The van der Waals surface area contributed by atoms with Crippen molar-refractivity contribution in [2.24, 2.45) is 0 Å². The minimum absolute atomic E-state index is 0.000460. The van der Waals surface area contributed by atoms with Gasteiger partial charge >= 0.3 is 5.91 Å². The first-order valence-electron chi connectivity index (χ1n) is 11.0. The number of hydrogen-bond donors (Lipinski definition) is 1. The number of thiazole rings is 1. The van der Waals surface area contributed by atoms with Gasteiger partial charge in [-0.3, -0.25) is 14.5 Å². The summed E-state index contributed by atoms with van der Waals surface area (Å²) in [5.74, 6) is -0.464. The van der Waals surface area contributed by atoms with Crippen LogP contribution in [0.2, 0.25) is 0 Å². The number of aromatic nitrogens is 1. The van der Waals surface area contributed by atoms with E-state index in [4.69, 9.17) is 9.47 Å². The average molecular weight is 565 g/mol. The Hall–Kier alpha value is -3.69. The highest BCUT2D eigenvalue weighted by atomic mass is 79.9. The topological polar surface area (TPSA) is 89.0 Å². The van der Waals surface area contributed by atoms with Crippen molar-refractivity contribution in [1.82, 2.24) is 4.98 Å². The number of ether oxygens (including phenoxy) is 2. The molecule has 0 spiro atoms. The fraction of sp³-hybridized carbons (Fsp3) is 0.148. The molecule has 0 saturated carbocycles. The van der Waals surface area contributed by atoms with Gasteiger partial charge < -0.3 is 14.6 Å². The van der Waals surface area contributed by atoms with E-state index in [-0.39, 0.29) is 11.3 Å². The Morgan fingerprint density at radius 2 is 1.86 bits per heavy atom. The van der Waals surface area contributed by atoms with Crippen LogP contribution < -0.4 is 14.4 Å². The van der Waals surface area contributed by atoms with Crippen molar-refractivity contribution in [1.29, 1.82) is 0 Å². The van der Waals surface area contributed by atoms with E-state index in [1.807, 2.05) is 37.3 Å². The summed E-state index contributed by atoms with van der Waals surface area (Å²) in [5, 5.41) is 11.7. The molecule has 1 amide bonds. The Kier molecular flexibility index (Phi) is 6.27. The van der Waals surface area contributed by atoms with Crippen LogP contribution in [0.1, 0.15) is 22.7 Å². The molecule has 1 atom stereocenters. The highest BCUT2D eigenvalue weighted by molar-refractivity contribution is 9.10. The van der Waals surface area contributed by atoms with Gasteiger partial charge in [0.05, 0.1) is 36.1 Å². The molecule has 7 nitrogen and oxygen atoms in total. The van der Waals surface area contributed by atoms with Crippen molar-refractivity contribution in [2.75, 3.05) is 19.1 Å². The number of halogens is 1. The number of anilines is 1. The van der Waals surface area contributed by atoms with Crippen LogP contribution in [-0.2, 0) is 9.59 Å². The Morgan fingerprint density at radius 3 is 2.56 bits per heavy atom. The van der Waals surface area contributed by atoms with Crippen LogP contribution in [0.3, 0.4) is 0 Å². The van der Waals surface area contributed by atoms with Crippen molar-refractivity contribution in [3.05, 3.63) is 87.4 Å². The van der Waals surface area contributed by atoms with E-state index < -0.39 is 17.7 Å². The molecule has 0 aliphatic carbocycles. The molecule has 1 saturated heterocycles. The molecule has 0 bridgehead atoms. The molecule has 0 radical (unpaired) electrons. The minimum Gasteiger partial charge on any atom is -0.507 e. The van der Waals surface area contributed by atoms with Crippen molar-refractivity contribution in [3.8, 4) is 11.5 Å². The maximum atomic E-state index is 13.4. The van der Waals surface area contributed by atoms with Gasteiger partial charge in [0.25, 0.3) is 5.78 Å². The summed E-state index contributed by atoms with van der Waals surface area (Å²) < 4.78 is 12.2. The van der Waals surface area contributed by atoms with Gasteiger partial charge in [-0.05, 0) is 66.6 Å². The van der Waals surface area contributed by atoms with Crippen LogP contribution in [0.25, 0.3) is 16.0 Å². The largest absolute Gasteiger partial charge is 0.507 e. The smallest absolute Gasteiger partial charge is 0.301 e. The van der Waals surface area contributed by atoms with E-state index in [2.05, 4.69) is 20.9 Å². The third-order valence-corrected chi connectivity index (χ3v) is 7.58. The zero-order valence-corrected chi connectivity index (χ0v) is 22.0. The normalized spacial score (nSPS) is 17.1. The van der Waals surface area contributed by atoms with E-state index in [9.17, 15) is 14.7 Å². The van der Waals surface area contributed by atoms with E-state index in [0.29, 0.717) is 33.3 Å². The van der Waals surface area contributed by atoms with Crippen LogP contribution >= 0.6 is 27.3 Å². The van der Waals surface area contributed by atoms with Crippen LogP contribution in [-0.4, -0.2) is 36.0 Å². The molecular weight excluding hydrogens is 544 g/mol. The number of aliphatic hydroxyl groups excluding tert-OH is 1. The summed E-state index contributed by atoms with van der Waals surface area (Å²) in [5.41, 5.74) is 2.54. The van der Waals surface area contributed by atoms with Crippen molar-refractivity contribution in [2.45, 2.75) is 13.0 Å². The first-order valence-corrected chi connectivity index (χ1v) is 12.6. The number of aliphatic hydroxyl groups is 1. The summed E-state index contributed by atoms with van der Waals surface area (Å²) in [4.78, 5) is 32.8. The van der Waals surface area contributed by atoms with Crippen molar-refractivity contribution >= 4 is 60.1 Å². The number of nitrogens with zero attached hydrogens (tertiary/aromatic N) is 2. The molecule has 0 unspecified atom stereocenters. The molecule has 3 aromatic carbocycles. The highest BCUT2D eigenvalue weighted by Crippen LogP contribution is 2.45. The highest BCUT2D eigenvalue weighted by Gasteiger charge is 2.48. The molecule has 4 aromatic rings. The van der Waals surface area contributed by atoms with Gasteiger partial charge in [-0.15, -0.1) is 0 Å². The summed E-state index contributed by atoms with van der Waals surface area (Å²) in [7, 11) is 3.14. The fourth-order valence-electron chi connectivity index (χ4n) is 4.33. The molecule has 1 aromatic heterocycles. The number of methoxy groups -OCH3 is 2. The third-order valence-electron chi connectivity index (χ3n) is 6.07. The molecule has 1 fully saturated rings. The van der Waals surface area contributed by atoms with Gasteiger partial charge in [0, 0.05) is 10.0 Å². The minimum atomic E-state index is -0.868. The Balaban J connectivity index is 1.72. The molecule has 9 heteroatoms. The van der Waals surface area contributed by atoms with E-state index >= 15 is 0 Å². The van der Waals surface area contributed by atoms with Crippen LogP contribution in [0.15, 0.2) is 70.7 Å². The van der Waals surface area contributed by atoms with E-state index in [1.165, 1.54) is 16.2 Å². The summed E-state index contributed by atoms with van der Waals surface area (Å²) in [6.07, 6.45) is 0. The quantitative estimate of drug-likeness (QED) is 0.181. The molecule has 5 rings (SSSR count). The number of amides is 1. The van der Waals surface area contributed by atoms with Gasteiger partial charge in [-0.2, -0.15) is 0 Å². The summed E-state index contributed by atoms with van der Waals surface area (Å²) in [6.45, 7) is 1.84. The maximum absolute atomic E-state index is 13.4. The number of aryl methyl sites for hydroxylation is 1. The van der Waals surface area contributed by atoms with Crippen LogP contribution in [0.4, 0.5) is 5.13 Å². The number of carbonyl (C=O) groups excluding carboxylic acids is 2. The average Bonchev–Trinajstić information content (AvgIpc) is 3.41. The lowest BCUT2D eigenvalue weighted by atomic mass is 9.95. The summed E-state index contributed by atoms with van der Waals surface area (Å²) in [6, 6.07) is 17.0. The molecule has 1 aliphatic heterocycles.